The molecule has 13 heteroatoms. The fourth-order valence-corrected chi connectivity index (χ4v) is 3.64. The molecule has 3 heterocycles. The molecule has 3 rings (SSSR count). The molecule has 8 N–H and O–H groups in total. The zero-order chi connectivity index (χ0) is 22.3. The van der Waals surface area contributed by atoms with Crippen LogP contribution in [-0.4, -0.2) is 133 Å². The highest BCUT2D eigenvalue weighted by atomic mass is 16.8. The lowest BCUT2D eigenvalue weighted by Crippen LogP contribution is -2.64. The SMILES string of the molecule is C[C@@H]1O[C@@H](O[C@@H]2[C@@H](O[C@@H]3O[C@@H](C)[C@H](O)[C@@H](O)[C@H]3O)[C@H](O)OC[C@H]2O)[C@H](O)[C@H](O)[C@H]1O. The van der Waals surface area contributed by atoms with Crippen LogP contribution in [0.4, 0.5) is 0 Å². The molecule has 0 aliphatic carbocycles. The van der Waals surface area contributed by atoms with Gasteiger partial charge in [0, 0.05) is 0 Å². The molecule has 13 nitrogen and oxygen atoms in total. The molecule has 0 unspecified atom stereocenters. The van der Waals surface area contributed by atoms with Crippen molar-refractivity contribution < 1.29 is 64.5 Å². The van der Waals surface area contributed by atoms with E-state index >= 15 is 0 Å². The minimum Gasteiger partial charge on any atom is -0.388 e. The van der Waals surface area contributed by atoms with Crippen molar-refractivity contribution in [2.45, 2.75) is 99.9 Å². The Bertz CT molecular complexity index is 518. The highest BCUT2D eigenvalue weighted by Crippen LogP contribution is 2.30. The lowest BCUT2D eigenvalue weighted by atomic mass is 9.98. The van der Waals surface area contributed by atoms with Crippen molar-refractivity contribution in [1.82, 2.24) is 0 Å². The van der Waals surface area contributed by atoms with E-state index in [0.29, 0.717) is 0 Å². The zero-order valence-electron chi connectivity index (χ0n) is 16.4. The summed E-state index contributed by atoms with van der Waals surface area (Å²) < 4.78 is 26.8. The van der Waals surface area contributed by atoms with Gasteiger partial charge >= 0.3 is 0 Å². The predicted octanol–water partition coefficient (Wildman–Crippen LogP) is -4.88. The Balaban J connectivity index is 1.75. The molecule has 0 bridgehead atoms. The predicted molar refractivity (Wildman–Crippen MR) is 92.4 cm³/mol. The van der Waals surface area contributed by atoms with Gasteiger partial charge in [-0.15, -0.1) is 0 Å². The van der Waals surface area contributed by atoms with E-state index in [0.717, 1.165) is 0 Å². The van der Waals surface area contributed by atoms with E-state index in [1.807, 2.05) is 0 Å². The van der Waals surface area contributed by atoms with Gasteiger partial charge in [0.25, 0.3) is 0 Å². The van der Waals surface area contributed by atoms with Crippen LogP contribution in [-0.2, 0) is 23.7 Å². The average molecular weight is 442 g/mol. The molecule has 0 aromatic rings. The summed E-state index contributed by atoms with van der Waals surface area (Å²) in [7, 11) is 0. The van der Waals surface area contributed by atoms with Crippen LogP contribution in [0.15, 0.2) is 0 Å². The quantitative estimate of drug-likeness (QED) is 0.206. The standard InChI is InChI=1S/C17H30O13/c1-4-7(19)9(21)11(23)16(27-4)29-13-6(18)3-26-15(25)14(13)30-17-12(24)10(22)8(20)5(2)28-17/h4-25H,3H2,1-2H3/t4-,5-,6+,7-,8-,9+,10+,11+,12+,13-,14+,15+,16-,17-/m0/s1. The van der Waals surface area contributed by atoms with Crippen LogP contribution in [0.3, 0.4) is 0 Å². The number of hydrogen-bond acceptors (Lipinski definition) is 13. The topological polar surface area (TPSA) is 208 Å². The van der Waals surface area contributed by atoms with Gasteiger partial charge in [0.05, 0.1) is 18.8 Å². The van der Waals surface area contributed by atoms with E-state index in [1.54, 1.807) is 0 Å². The van der Waals surface area contributed by atoms with Crippen LogP contribution < -0.4 is 0 Å². The van der Waals surface area contributed by atoms with Gasteiger partial charge in [-0.1, -0.05) is 0 Å². The second-order valence-electron chi connectivity index (χ2n) is 7.86. The number of aliphatic hydroxyl groups is 8. The molecule has 3 aliphatic rings. The Hall–Kier alpha value is -0.520. The first kappa shape index (κ1) is 24.1. The van der Waals surface area contributed by atoms with Crippen molar-refractivity contribution in [3.8, 4) is 0 Å². The van der Waals surface area contributed by atoms with Crippen LogP contribution >= 0.6 is 0 Å². The first-order chi connectivity index (χ1) is 14.0. The fraction of sp³-hybridized carbons (Fsp3) is 1.00. The van der Waals surface area contributed by atoms with Crippen molar-refractivity contribution in [2.24, 2.45) is 0 Å². The third-order valence-electron chi connectivity index (χ3n) is 5.62. The van der Waals surface area contributed by atoms with Gasteiger partial charge in [-0.25, -0.2) is 0 Å². The summed E-state index contributed by atoms with van der Waals surface area (Å²) in [6.45, 7) is 2.52. The molecule has 3 fully saturated rings. The largest absolute Gasteiger partial charge is 0.388 e. The lowest BCUT2D eigenvalue weighted by molar-refractivity contribution is -0.375. The smallest absolute Gasteiger partial charge is 0.187 e. The van der Waals surface area contributed by atoms with Crippen LogP contribution in [0.2, 0.25) is 0 Å². The van der Waals surface area contributed by atoms with E-state index in [1.165, 1.54) is 13.8 Å². The molecule has 3 aliphatic heterocycles. The number of aliphatic hydroxyl groups excluding tert-OH is 8. The van der Waals surface area contributed by atoms with Crippen molar-refractivity contribution in [1.29, 1.82) is 0 Å². The van der Waals surface area contributed by atoms with E-state index in [2.05, 4.69) is 0 Å². The van der Waals surface area contributed by atoms with Crippen LogP contribution in [0.25, 0.3) is 0 Å². The fourth-order valence-electron chi connectivity index (χ4n) is 3.64. The summed E-state index contributed by atoms with van der Waals surface area (Å²) in [5.41, 5.74) is 0. The summed E-state index contributed by atoms with van der Waals surface area (Å²) in [5.74, 6) is 0. The number of hydrogen-bond donors (Lipinski definition) is 8. The molecule has 3 saturated heterocycles. The van der Waals surface area contributed by atoms with Gasteiger partial charge in [0.15, 0.2) is 18.9 Å². The average Bonchev–Trinajstić information content (AvgIpc) is 2.71. The molecule has 0 aromatic carbocycles. The lowest BCUT2D eigenvalue weighted by Gasteiger charge is -2.46. The number of ether oxygens (including phenoxy) is 5. The van der Waals surface area contributed by atoms with Crippen molar-refractivity contribution in [3.63, 3.8) is 0 Å². The van der Waals surface area contributed by atoms with Gasteiger partial charge in [-0.2, -0.15) is 0 Å². The second kappa shape index (κ2) is 9.54. The zero-order valence-corrected chi connectivity index (χ0v) is 16.4. The van der Waals surface area contributed by atoms with Crippen LogP contribution in [0, 0.1) is 0 Å². The minimum atomic E-state index is -1.68. The molecule has 14 atom stereocenters. The first-order valence-electron chi connectivity index (χ1n) is 9.71. The Kier molecular flexibility index (Phi) is 7.67. The second-order valence-corrected chi connectivity index (χ2v) is 7.86. The van der Waals surface area contributed by atoms with Crippen LogP contribution in [0.5, 0.6) is 0 Å². The Morgan fingerprint density at radius 3 is 1.50 bits per heavy atom. The minimum absolute atomic E-state index is 0.360. The highest BCUT2D eigenvalue weighted by Gasteiger charge is 2.51. The van der Waals surface area contributed by atoms with E-state index in [-0.39, 0.29) is 6.61 Å². The molecular formula is C17H30O13. The Labute approximate surface area is 171 Å². The number of rotatable bonds is 4. The maximum atomic E-state index is 10.3. The third-order valence-corrected chi connectivity index (χ3v) is 5.62. The third kappa shape index (κ3) is 4.63. The molecule has 0 saturated carbocycles. The summed E-state index contributed by atoms with van der Waals surface area (Å²) >= 11 is 0. The van der Waals surface area contributed by atoms with Crippen molar-refractivity contribution in [3.05, 3.63) is 0 Å². The first-order valence-corrected chi connectivity index (χ1v) is 9.71. The summed E-state index contributed by atoms with van der Waals surface area (Å²) in [6, 6.07) is 0. The van der Waals surface area contributed by atoms with Gasteiger partial charge in [-0.05, 0) is 13.8 Å². The molecule has 0 radical (unpaired) electrons. The molecule has 30 heavy (non-hydrogen) atoms. The maximum absolute atomic E-state index is 10.3. The van der Waals surface area contributed by atoms with E-state index in [9.17, 15) is 40.9 Å². The maximum Gasteiger partial charge on any atom is 0.187 e. The molecular weight excluding hydrogens is 412 g/mol. The molecule has 0 spiro atoms. The van der Waals surface area contributed by atoms with Gasteiger partial charge in [-0.3, -0.25) is 0 Å². The monoisotopic (exact) mass is 442 g/mol. The normalized spacial score (nSPS) is 55.4. The van der Waals surface area contributed by atoms with E-state index in [4.69, 9.17) is 23.7 Å². The Morgan fingerprint density at radius 2 is 1.03 bits per heavy atom. The van der Waals surface area contributed by atoms with Gasteiger partial charge in [0.2, 0.25) is 0 Å². The summed E-state index contributed by atoms with van der Waals surface area (Å²) in [6.07, 6.45) is -20.0. The van der Waals surface area contributed by atoms with E-state index < -0.39 is 86.0 Å². The van der Waals surface area contributed by atoms with Gasteiger partial charge in [0.1, 0.15) is 54.9 Å². The highest BCUT2D eigenvalue weighted by molar-refractivity contribution is 4.93. The molecule has 176 valence electrons. The molecule has 0 aromatic heterocycles. The van der Waals surface area contributed by atoms with Gasteiger partial charge < -0.3 is 64.5 Å². The van der Waals surface area contributed by atoms with Crippen molar-refractivity contribution >= 4 is 0 Å². The Morgan fingerprint density at radius 1 is 0.600 bits per heavy atom. The summed E-state index contributed by atoms with van der Waals surface area (Å²) in [5, 5.41) is 80.3. The molecule has 0 amide bonds. The van der Waals surface area contributed by atoms with Crippen LogP contribution in [0.1, 0.15) is 13.8 Å². The summed E-state index contributed by atoms with van der Waals surface area (Å²) in [4.78, 5) is 0. The van der Waals surface area contributed by atoms with Crippen molar-refractivity contribution in [2.75, 3.05) is 6.61 Å².